The molecule has 0 aliphatic carbocycles. The highest BCUT2D eigenvalue weighted by Gasteiger charge is 2.32. The monoisotopic (exact) mass is 346 g/mol. The molecule has 2 N–H and O–H groups in total. The van der Waals surface area contributed by atoms with Gasteiger partial charge in [-0.25, -0.2) is 0 Å². The third-order valence-corrected chi connectivity index (χ3v) is 4.20. The Hall–Kier alpha value is -1.47. The molecule has 0 radical (unpaired) electrons. The second-order valence-corrected chi connectivity index (χ2v) is 6.54. The van der Waals surface area contributed by atoms with Gasteiger partial charge in [0.05, 0.1) is 0 Å². The first kappa shape index (κ1) is 18.9. The fourth-order valence-corrected chi connectivity index (χ4v) is 3.02. The van der Waals surface area contributed by atoms with E-state index in [1.54, 1.807) is 0 Å². The molecule has 0 aromatic heterocycles. The predicted molar refractivity (Wildman–Crippen MR) is 86.0 cm³/mol. The Balaban J connectivity index is 2.27. The highest BCUT2D eigenvalue weighted by Crippen LogP contribution is 2.37. The lowest BCUT2D eigenvalue weighted by molar-refractivity contribution is -0.274. The fraction of sp³-hybridized carbons (Fsp3) is 0.647. The van der Waals surface area contributed by atoms with E-state index in [1.807, 2.05) is 0 Å². The summed E-state index contributed by atoms with van der Waals surface area (Å²) in [6.45, 7) is 7.48. The van der Waals surface area contributed by atoms with Gasteiger partial charge in [-0.15, -0.1) is 13.2 Å². The van der Waals surface area contributed by atoms with Crippen LogP contribution in [0.4, 0.5) is 13.2 Å². The molecule has 0 spiro atoms. The normalized spacial score (nSPS) is 17.9. The highest BCUT2D eigenvalue weighted by molar-refractivity contribution is 5.41. The molecule has 0 bridgehead atoms. The Bertz CT molecular complexity index is 529. The molecule has 0 unspecified atom stereocenters. The maximum atomic E-state index is 12.5. The molecule has 1 aromatic carbocycles. The zero-order valence-electron chi connectivity index (χ0n) is 14.1. The molecule has 136 valence electrons. The van der Waals surface area contributed by atoms with E-state index in [1.165, 1.54) is 12.1 Å². The summed E-state index contributed by atoms with van der Waals surface area (Å²) in [5.41, 5.74) is 0.499. The van der Waals surface area contributed by atoms with E-state index in [9.17, 15) is 18.3 Å². The zero-order chi connectivity index (χ0) is 17.7. The molecule has 1 aliphatic heterocycles. The number of nitrogens with zero attached hydrogens (tertiary/aromatic N) is 1. The average molecular weight is 346 g/mol. The molecular formula is C17H25F3N2O2. The largest absolute Gasteiger partial charge is 0.573 e. The first-order valence-electron chi connectivity index (χ1n) is 8.29. The minimum absolute atomic E-state index is 0.0109. The summed E-state index contributed by atoms with van der Waals surface area (Å²) in [5, 5.41) is 13.5. The molecule has 24 heavy (non-hydrogen) atoms. The number of nitrogens with one attached hydrogen (secondary N) is 1. The maximum absolute atomic E-state index is 12.5. The number of halogens is 3. The number of benzene rings is 1. The van der Waals surface area contributed by atoms with Crippen molar-refractivity contribution in [1.82, 2.24) is 10.2 Å². The molecule has 1 saturated heterocycles. The van der Waals surface area contributed by atoms with Crippen LogP contribution < -0.4 is 10.1 Å². The molecule has 1 aromatic rings. The molecular weight excluding hydrogens is 321 g/mol. The molecule has 2 rings (SSSR count). The topological polar surface area (TPSA) is 44.7 Å². The van der Waals surface area contributed by atoms with Crippen molar-refractivity contribution in [2.45, 2.75) is 39.1 Å². The quantitative estimate of drug-likeness (QED) is 0.825. The summed E-state index contributed by atoms with van der Waals surface area (Å²) in [5.74, 6) is 0.198. The molecule has 1 fully saturated rings. The Kier molecular flexibility index (Phi) is 6.34. The van der Waals surface area contributed by atoms with E-state index in [4.69, 9.17) is 0 Å². The van der Waals surface area contributed by atoms with Gasteiger partial charge in [-0.05, 0) is 37.0 Å². The first-order valence-corrected chi connectivity index (χ1v) is 8.29. The van der Waals surface area contributed by atoms with E-state index in [0.717, 1.165) is 45.1 Å². The van der Waals surface area contributed by atoms with Gasteiger partial charge in [0, 0.05) is 37.8 Å². The van der Waals surface area contributed by atoms with Crippen molar-refractivity contribution in [2.75, 3.05) is 26.2 Å². The fourth-order valence-electron chi connectivity index (χ4n) is 3.02. The Morgan fingerprint density at radius 2 is 1.88 bits per heavy atom. The van der Waals surface area contributed by atoms with Gasteiger partial charge in [-0.3, -0.25) is 4.90 Å². The number of phenols is 1. The van der Waals surface area contributed by atoms with Crippen LogP contribution in [-0.2, 0) is 0 Å². The Labute approximate surface area is 140 Å². The van der Waals surface area contributed by atoms with Crippen LogP contribution in [0.1, 0.15) is 38.3 Å². The Morgan fingerprint density at radius 1 is 1.21 bits per heavy atom. The van der Waals surface area contributed by atoms with Gasteiger partial charge in [0.25, 0.3) is 0 Å². The van der Waals surface area contributed by atoms with Crippen molar-refractivity contribution >= 4 is 0 Å². The summed E-state index contributed by atoms with van der Waals surface area (Å²) in [6, 6.07) is 3.62. The van der Waals surface area contributed by atoms with Gasteiger partial charge in [0.15, 0.2) is 0 Å². The number of hydrogen-bond donors (Lipinski definition) is 2. The number of phenolic OH excluding ortho intramolecular Hbond substituents is 1. The van der Waals surface area contributed by atoms with Gasteiger partial charge in [0.1, 0.15) is 11.5 Å². The van der Waals surface area contributed by atoms with Crippen molar-refractivity contribution in [2.24, 2.45) is 5.92 Å². The summed E-state index contributed by atoms with van der Waals surface area (Å²) >= 11 is 0. The smallest absolute Gasteiger partial charge is 0.508 e. The number of aromatic hydroxyl groups is 1. The van der Waals surface area contributed by atoms with Gasteiger partial charge in [-0.1, -0.05) is 13.8 Å². The second kappa shape index (κ2) is 8.07. The van der Waals surface area contributed by atoms with Gasteiger partial charge < -0.3 is 15.2 Å². The summed E-state index contributed by atoms with van der Waals surface area (Å²) in [4.78, 5) is 2.21. The molecule has 1 heterocycles. The van der Waals surface area contributed by atoms with Gasteiger partial charge in [0.2, 0.25) is 0 Å². The molecule has 4 nitrogen and oxygen atoms in total. The van der Waals surface area contributed by atoms with E-state index in [-0.39, 0.29) is 17.5 Å². The van der Waals surface area contributed by atoms with Gasteiger partial charge in [-0.2, -0.15) is 0 Å². The van der Waals surface area contributed by atoms with E-state index < -0.39 is 6.36 Å². The number of piperazine rings is 1. The number of ether oxygens (including phenoxy) is 1. The lowest BCUT2D eigenvalue weighted by Crippen LogP contribution is -2.45. The first-order chi connectivity index (χ1) is 11.3. The van der Waals surface area contributed by atoms with Crippen LogP contribution in [0, 0.1) is 5.92 Å². The minimum Gasteiger partial charge on any atom is -0.508 e. The standard InChI is InChI=1S/C17H25F3N2O2/c1-12(2)3-5-15(22-9-7-21-8-10-22)14-11-13(4-6-16(14)23)24-17(18,19)20/h4,6,11-12,15,21,23H,3,5,7-10H2,1-2H3/t15-/m0/s1. The van der Waals surface area contributed by atoms with Crippen LogP contribution in [-0.4, -0.2) is 42.5 Å². The lowest BCUT2D eigenvalue weighted by Gasteiger charge is -2.36. The molecule has 0 saturated carbocycles. The highest BCUT2D eigenvalue weighted by atomic mass is 19.4. The number of rotatable bonds is 6. The lowest BCUT2D eigenvalue weighted by atomic mass is 9.95. The van der Waals surface area contributed by atoms with Crippen LogP contribution in [0.5, 0.6) is 11.5 Å². The van der Waals surface area contributed by atoms with Crippen molar-refractivity contribution in [3.05, 3.63) is 23.8 Å². The molecule has 1 atom stereocenters. The van der Waals surface area contributed by atoms with E-state index in [0.29, 0.717) is 11.5 Å². The van der Waals surface area contributed by atoms with Crippen molar-refractivity contribution < 1.29 is 23.0 Å². The van der Waals surface area contributed by atoms with Crippen LogP contribution in [0.15, 0.2) is 18.2 Å². The van der Waals surface area contributed by atoms with Crippen LogP contribution in [0.3, 0.4) is 0 Å². The van der Waals surface area contributed by atoms with Crippen molar-refractivity contribution in [3.63, 3.8) is 0 Å². The van der Waals surface area contributed by atoms with Crippen LogP contribution in [0.25, 0.3) is 0 Å². The second-order valence-electron chi connectivity index (χ2n) is 6.54. The summed E-state index contributed by atoms with van der Waals surface area (Å²) in [6.07, 6.45) is -3.03. The van der Waals surface area contributed by atoms with Crippen molar-refractivity contribution in [3.8, 4) is 11.5 Å². The third-order valence-electron chi connectivity index (χ3n) is 4.20. The zero-order valence-corrected chi connectivity index (χ0v) is 14.1. The molecule has 7 heteroatoms. The maximum Gasteiger partial charge on any atom is 0.573 e. The van der Waals surface area contributed by atoms with E-state index >= 15 is 0 Å². The van der Waals surface area contributed by atoms with E-state index in [2.05, 4.69) is 28.8 Å². The molecule has 1 aliphatic rings. The number of alkyl halides is 3. The third kappa shape index (κ3) is 5.56. The number of hydrogen-bond acceptors (Lipinski definition) is 4. The molecule has 0 amide bonds. The minimum atomic E-state index is -4.74. The SMILES string of the molecule is CC(C)CC[C@@H](c1cc(OC(F)(F)F)ccc1O)N1CCNCC1. The predicted octanol–water partition coefficient (Wildman–Crippen LogP) is 3.67. The van der Waals surface area contributed by atoms with Crippen LogP contribution >= 0.6 is 0 Å². The summed E-state index contributed by atoms with van der Waals surface area (Å²) < 4.78 is 41.5. The average Bonchev–Trinajstić information content (AvgIpc) is 2.50. The van der Waals surface area contributed by atoms with Gasteiger partial charge >= 0.3 is 6.36 Å². The van der Waals surface area contributed by atoms with Crippen LogP contribution in [0.2, 0.25) is 0 Å². The van der Waals surface area contributed by atoms with Crippen molar-refractivity contribution in [1.29, 1.82) is 0 Å². The summed E-state index contributed by atoms with van der Waals surface area (Å²) in [7, 11) is 0. The Morgan fingerprint density at radius 3 is 2.46 bits per heavy atom.